The molecule has 1 fully saturated rings. The minimum absolute atomic E-state index is 0.428. The second kappa shape index (κ2) is 5.48. The van der Waals surface area contributed by atoms with Crippen LogP contribution < -0.4 is 0 Å². The molecule has 0 aromatic heterocycles. The Kier molecular flexibility index (Phi) is 4.56. The van der Waals surface area contributed by atoms with Crippen molar-refractivity contribution in [2.45, 2.75) is 27.2 Å². The molecule has 0 N–H and O–H groups in total. The van der Waals surface area contributed by atoms with Crippen LogP contribution in [0.25, 0.3) is 0 Å². The average molecular weight is 209 g/mol. The first-order valence-electron chi connectivity index (χ1n) is 5.89. The van der Waals surface area contributed by atoms with Crippen molar-refractivity contribution in [3.05, 3.63) is 0 Å². The highest BCUT2D eigenvalue weighted by atomic mass is 15.3. The summed E-state index contributed by atoms with van der Waals surface area (Å²) in [6, 6.07) is 2.22. The molecule has 0 saturated carbocycles. The molecule has 0 atom stereocenters. The van der Waals surface area contributed by atoms with Gasteiger partial charge in [-0.15, -0.1) is 0 Å². The van der Waals surface area contributed by atoms with Crippen molar-refractivity contribution in [2.75, 3.05) is 39.3 Å². The van der Waals surface area contributed by atoms with E-state index in [1.54, 1.807) is 0 Å². The van der Waals surface area contributed by atoms with Crippen molar-refractivity contribution in [1.82, 2.24) is 9.80 Å². The van der Waals surface area contributed by atoms with Crippen molar-refractivity contribution < 1.29 is 0 Å². The zero-order valence-corrected chi connectivity index (χ0v) is 10.3. The molecule has 1 heterocycles. The Morgan fingerprint density at radius 2 is 1.67 bits per heavy atom. The number of nitrogens with zero attached hydrogens (tertiary/aromatic N) is 3. The number of piperazine rings is 1. The van der Waals surface area contributed by atoms with Gasteiger partial charge in [-0.3, -0.25) is 4.90 Å². The van der Waals surface area contributed by atoms with Crippen LogP contribution in [0.2, 0.25) is 0 Å². The van der Waals surface area contributed by atoms with Gasteiger partial charge in [0.1, 0.15) is 0 Å². The third-order valence-electron chi connectivity index (χ3n) is 3.37. The quantitative estimate of drug-likeness (QED) is 0.658. The number of hydrogen-bond acceptors (Lipinski definition) is 3. The Balaban J connectivity index is 2.29. The van der Waals surface area contributed by atoms with Crippen LogP contribution in [-0.2, 0) is 0 Å². The van der Waals surface area contributed by atoms with E-state index in [4.69, 9.17) is 5.26 Å². The third kappa shape index (κ3) is 4.19. The Labute approximate surface area is 93.7 Å². The van der Waals surface area contributed by atoms with Crippen LogP contribution in [0.4, 0.5) is 0 Å². The standard InChI is InChI=1S/C12H23N3/c1-4-12(2,3)11-15-9-7-14(6-5-13)8-10-15/h4,6-11H2,1-3H3. The zero-order chi connectivity index (χ0) is 11.3. The SMILES string of the molecule is CCC(C)(C)CN1CCN(CC#N)CC1. The van der Waals surface area contributed by atoms with E-state index in [2.05, 4.69) is 36.6 Å². The highest BCUT2D eigenvalue weighted by molar-refractivity contribution is 4.82. The minimum atomic E-state index is 0.428. The molecule has 3 nitrogen and oxygen atoms in total. The highest BCUT2D eigenvalue weighted by Gasteiger charge is 2.23. The smallest absolute Gasteiger partial charge is 0.0866 e. The maximum Gasteiger partial charge on any atom is 0.0866 e. The van der Waals surface area contributed by atoms with E-state index in [1.165, 1.54) is 13.0 Å². The molecule has 3 heteroatoms. The van der Waals surface area contributed by atoms with Gasteiger partial charge in [0.25, 0.3) is 0 Å². The number of rotatable bonds is 4. The number of hydrogen-bond donors (Lipinski definition) is 0. The summed E-state index contributed by atoms with van der Waals surface area (Å²) in [5.74, 6) is 0. The van der Waals surface area contributed by atoms with Gasteiger partial charge in [0, 0.05) is 32.7 Å². The molecule has 0 aromatic rings. The molecule has 0 amide bonds. The van der Waals surface area contributed by atoms with E-state index >= 15 is 0 Å². The highest BCUT2D eigenvalue weighted by Crippen LogP contribution is 2.21. The van der Waals surface area contributed by atoms with Gasteiger partial charge >= 0.3 is 0 Å². The Hall–Kier alpha value is -0.590. The monoisotopic (exact) mass is 209 g/mol. The first-order valence-corrected chi connectivity index (χ1v) is 5.89. The molecule has 1 aliphatic heterocycles. The maximum atomic E-state index is 8.60. The summed E-state index contributed by atoms with van der Waals surface area (Å²) in [7, 11) is 0. The van der Waals surface area contributed by atoms with E-state index in [1.807, 2.05) is 0 Å². The largest absolute Gasteiger partial charge is 0.300 e. The molecular formula is C12H23N3. The topological polar surface area (TPSA) is 30.3 Å². The van der Waals surface area contributed by atoms with Gasteiger partial charge in [0.15, 0.2) is 0 Å². The third-order valence-corrected chi connectivity index (χ3v) is 3.37. The van der Waals surface area contributed by atoms with Crippen molar-refractivity contribution >= 4 is 0 Å². The summed E-state index contributed by atoms with van der Waals surface area (Å²) in [4.78, 5) is 4.76. The van der Waals surface area contributed by atoms with Gasteiger partial charge < -0.3 is 4.90 Å². The summed E-state index contributed by atoms with van der Waals surface area (Å²) >= 11 is 0. The van der Waals surface area contributed by atoms with Crippen molar-refractivity contribution in [3.63, 3.8) is 0 Å². The van der Waals surface area contributed by atoms with Gasteiger partial charge in [-0.1, -0.05) is 20.8 Å². The molecule has 1 aliphatic rings. The molecule has 0 bridgehead atoms. The van der Waals surface area contributed by atoms with Gasteiger partial charge in [-0.2, -0.15) is 5.26 Å². The predicted molar refractivity (Wildman–Crippen MR) is 62.6 cm³/mol. The lowest BCUT2D eigenvalue weighted by Gasteiger charge is -2.37. The summed E-state index contributed by atoms with van der Waals surface area (Å²) in [5.41, 5.74) is 0.428. The van der Waals surface area contributed by atoms with Gasteiger partial charge in [0.2, 0.25) is 0 Å². The molecule has 1 rings (SSSR count). The second-order valence-electron chi connectivity index (χ2n) is 5.23. The lowest BCUT2D eigenvalue weighted by Crippen LogP contribution is -2.48. The van der Waals surface area contributed by atoms with Gasteiger partial charge in [-0.05, 0) is 11.8 Å². The Bertz CT molecular complexity index is 222. The Morgan fingerprint density at radius 1 is 1.13 bits per heavy atom. The van der Waals surface area contributed by atoms with Crippen molar-refractivity contribution in [2.24, 2.45) is 5.41 Å². The molecule has 0 aromatic carbocycles. The van der Waals surface area contributed by atoms with Crippen LogP contribution in [0.3, 0.4) is 0 Å². The summed E-state index contributed by atoms with van der Waals surface area (Å²) in [6.07, 6.45) is 1.23. The van der Waals surface area contributed by atoms with E-state index in [0.29, 0.717) is 12.0 Å². The van der Waals surface area contributed by atoms with E-state index in [9.17, 15) is 0 Å². The molecule has 86 valence electrons. The minimum Gasteiger partial charge on any atom is -0.300 e. The molecule has 0 unspecified atom stereocenters. The summed E-state index contributed by atoms with van der Waals surface area (Å²) < 4.78 is 0. The first-order chi connectivity index (χ1) is 7.07. The Morgan fingerprint density at radius 3 is 2.13 bits per heavy atom. The number of nitriles is 1. The fourth-order valence-electron chi connectivity index (χ4n) is 1.92. The normalized spacial score (nSPS) is 20.1. The lowest BCUT2D eigenvalue weighted by molar-refractivity contribution is 0.102. The predicted octanol–water partition coefficient (Wildman–Crippen LogP) is 1.56. The first kappa shape index (κ1) is 12.5. The van der Waals surface area contributed by atoms with Crippen LogP contribution in [0, 0.1) is 16.7 Å². The fraction of sp³-hybridized carbons (Fsp3) is 0.917. The van der Waals surface area contributed by atoms with Crippen LogP contribution in [0.1, 0.15) is 27.2 Å². The van der Waals surface area contributed by atoms with Crippen LogP contribution in [0.5, 0.6) is 0 Å². The molecule has 0 spiro atoms. The summed E-state index contributed by atoms with van der Waals surface area (Å²) in [5, 5.41) is 8.60. The molecule has 0 aliphatic carbocycles. The average Bonchev–Trinajstić information content (AvgIpc) is 2.21. The molecule has 15 heavy (non-hydrogen) atoms. The van der Waals surface area contributed by atoms with Crippen molar-refractivity contribution in [3.8, 4) is 6.07 Å². The lowest BCUT2D eigenvalue weighted by atomic mass is 9.89. The maximum absolute atomic E-state index is 8.60. The zero-order valence-electron chi connectivity index (χ0n) is 10.3. The second-order valence-corrected chi connectivity index (χ2v) is 5.23. The fourth-order valence-corrected chi connectivity index (χ4v) is 1.92. The van der Waals surface area contributed by atoms with Crippen molar-refractivity contribution in [1.29, 1.82) is 5.26 Å². The molecular weight excluding hydrogens is 186 g/mol. The molecule has 0 radical (unpaired) electrons. The summed E-state index contributed by atoms with van der Waals surface area (Å²) in [6.45, 7) is 13.0. The van der Waals surface area contributed by atoms with E-state index in [-0.39, 0.29) is 0 Å². The van der Waals surface area contributed by atoms with E-state index < -0.39 is 0 Å². The van der Waals surface area contributed by atoms with Gasteiger partial charge in [0.05, 0.1) is 12.6 Å². The van der Waals surface area contributed by atoms with Crippen LogP contribution in [0.15, 0.2) is 0 Å². The van der Waals surface area contributed by atoms with E-state index in [0.717, 1.165) is 26.2 Å². The molecule has 1 saturated heterocycles. The van der Waals surface area contributed by atoms with Crippen LogP contribution >= 0.6 is 0 Å². The van der Waals surface area contributed by atoms with Gasteiger partial charge in [-0.25, -0.2) is 0 Å². The van der Waals surface area contributed by atoms with Crippen LogP contribution in [-0.4, -0.2) is 49.1 Å².